The molecular formula is C24H23N3O2. The fraction of sp³-hybridized carbons (Fsp3) is 0.125. The Morgan fingerprint density at radius 1 is 0.793 bits per heavy atom. The van der Waals surface area contributed by atoms with Crippen molar-refractivity contribution >= 4 is 34.1 Å². The maximum Gasteiger partial charge on any atom is 0.117 e. The molecule has 3 aromatic rings. The van der Waals surface area contributed by atoms with E-state index in [0.29, 0.717) is 12.8 Å². The highest BCUT2D eigenvalue weighted by Crippen LogP contribution is 2.25. The van der Waals surface area contributed by atoms with Crippen molar-refractivity contribution in [2.45, 2.75) is 18.9 Å². The summed E-state index contributed by atoms with van der Waals surface area (Å²) < 4.78 is 0. The van der Waals surface area contributed by atoms with Gasteiger partial charge in [0, 0.05) is 40.9 Å². The first-order chi connectivity index (χ1) is 14.1. The molecule has 1 atom stereocenters. The van der Waals surface area contributed by atoms with Crippen molar-refractivity contribution in [3.05, 3.63) is 84.9 Å². The van der Waals surface area contributed by atoms with Crippen LogP contribution in [0.25, 0.3) is 0 Å². The summed E-state index contributed by atoms with van der Waals surface area (Å²) >= 11 is 0. The molecule has 0 aliphatic heterocycles. The number of aliphatic hydroxyl groups is 1. The van der Waals surface area contributed by atoms with E-state index in [-0.39, 0.29) is 11.9 Å². The first-order valence-corrected chi connectivity index (χ1v) is 9.59. The van der Waals surface area contributed by atoms with Crippen LogP contribution >= 0.6 is 0 Å². The number of nitrogens with zero attached hydrogens (tertiary/aromatic N) is 1. The highest BCUT2D eigenvalue weighted by Gasteiger charge is 2.10. The summed E-state index contributed by atoms with van der Waals surface area (Å²) in [6, 6.07) is 22.9. The Bertz CT molecular complexity index is 1020. The normalized spacial score (nSPS) is 17.3. The lowest BCUT2D eigenvalue weighted by atomic mass is 10.0. The van der Waals surface area contributed by atoms with Crippen LogP contribution in [0.3, 0.4) is 0 Å². The summed E-state index contributed by atoms with van der Waals surface area (Å²) in [5, 5.41) is 25.9. The van der Waals surface area contributed by atoms with Crippen LogP contribution in [-0.2, 0) is 0 Å². The first-order valence-electron chi connectivity index (χ1n) is 9.59. The van der Waals surface area contributed by atoms with E-state index in [1.54, 1.807) is 18.2 Å². The van der Waals surface area contributed by atoms with Crippen molar-refractivity contribution < 1.29 is 10.2 Å². The molecule has 0 saturated carbocycles. The van der Waals surface area contributed by atoms with Crippen LogP contribution in [0, 0.1) is 0 Å². The van der Waals surface area contributed by atoms with Crippen LogP contribution in [0.15, 0.2) is 89.9 Å². The Hall–Kier alpha value is -3.57. The second-order valence-electron chi connectivity index (χ2n) is 7.02. The lowest BCUT2D eigenvalue weighted by molar-refractivity contribution is 0.184. The number of aromatic hydroxyl groups is 1. The number of nitrogens with one attached hydrogen (secondary N) is 2. The van der Waals surface area contributed by atoms with E-state index in [1.807, 2.05) is 66.7 Å². The zero-order chi connectivity index (χ0) is 20.1. The molecule has 5 nitrogen and oxygen atoms in total. The van der Waals surface area contributed by atoms with Crippen molar-refractivity contribution in [3.8, 4) is 5.75 Å². The van der Waals surface area contributed by atoms with Gasteiger partial charge in [0.05, 0.1) is 11.8 Å². The molecule has 29 heavy (non-hydrogen) atoms. The highest BCUT2D eigenvalue weighted by atomic mass is 16.3. The third-order valence-electron chi connectivity index (χ3n) is 4.61. The van der Waals surface area contributed by atoms with Crippen molar-refractivity contribution in [2.24, 2.45) is 4.99 Å². The number of benzene rings is 3. The Labute approximate surface area is 170 Å². The molecule has 1 aliphatic carbocycles. The summed E-state index contributed by atoms with van der Waals surface area (Å²) in [4.78, 5) is 4.59. The average Bonchev–Trinajstić information content (AvgIpc) is 2.71. The molecule has 4 N–H and O–H groups in total. The number of phenols is 1. The molecule has 0 spiro atoms. The molecule has 4 rings (SSSR count). The number of hydrogen-bond acceptors (Lipinski definition) is 5. The van der Waals surface area contributed by atoms with Gasteiger partial charge in [0.1, 0.15) is 5.75 Å². The van der Waals surface area contributed by atoms with E-state index in [4.69, 9.17) is 0 Å². The summed E-state index contributed by atoms with van der Waals surface area (Å²) in [7, 11) is 0. The number of rotatable bonds is 5. The summed E-state index contributed by atoms with van der Waals surface area (Å²) in [5.41, 5.74) is 5.50. The maximum absolute atomic E-state index is 9.72. The van der Waals surface area contributed by atoms with Gasteiger partial charge in [-0.1, -0.05) is 12.1 Å². The Morgan fingerprint density at radius 2 is 1.41 bits per heavy atom. The van der Waals surface area contributed by atoms with Gasteiger partial charge < -0.3 is 20.8 Å². The van der Waals surface area contributed by atoms with Crippen molar-refractivity contribution in [1.82, 2.24) is 0 Å². The van der Waals surface area contributed by atoms with Crippen molar-refractivity contribution in [1.29, 1.82) is 0 Å². The summed E-state index contributed by atoms with van der Waals surface area (Å²) in [5.74, 6) is 0.234. The third-order valence-corrected chi connectivity index (χ3v) is 4.61. The van der Waals surface area contributed by atoms with E-state index in [0.717, 1.165) is 34.1 Å². The van der Waals surface area contributed by atoms with E-state index in [1.165, 1.54) is 0 Å². The smallest absolute Gasteiger partial charge is 0.117 e. The van der Waals surface area contributed by atoms with Gasteiger partial charge in [-0.25, -0.2) is 0 Å². The number of aliphatic imine (C=N–C) groups is 1. The minimum Gasteiger partial charge on any atom is -0.508 e. The van der Waals surface area contributed by atoms with E-state index >= 15 is 0 Å². The van der Waals surface area contributed by atoms with E-state index in [9.17, 15) is 10.2 Å². The van der Waals surface area contributed by atoms with E-state index < -0.39 is 0 Å². The SMILES string of the molecule is Oc1cccc(Nc2ccc(Nc3ccc(N=C4C=CCC(O)C4)cc3)cc2)c1. The zero-order valence-electron chi connectivity index (χ0n) is 15.9. The van der Waals surface area contributed by atoms with Crippen LogP contribution in [-0.4, -0.2) is 22.0 Å². The lowest BCUT2D eigenvalue weighted by Crippen LogP contribution is -2.14. The van der Waals surface area contributed by atoms with Crippen LogP contribution < -0.4 is 10.6 Å². The fourth-order valence-electron chi connectivity index (χ4n) is 3.18. The quantitative estimate of drug-likeness (QED) is 0.457. The number of allylic oxidation sites excluding steroid dienone is 1. The molecule has 3 aromatic carbocycles. The maximum atomic E-state index is 9.72. The topological polar surface area (TPSA) is 76.9 Å². The molecule has 146 valence electrons. The van der Waals surface area contributed by atoms with Crippen molar-refractivity contribution in [3.63, 3.8) is 0 Å². The lowest BCUT2D eigenvalue weighted by Gasteiger charge is -2.13. The van der Waals surface area contributed by atoms with Gasteiger partial charge in [0.25, 0.3) is 0 Å². The van der Waals surface area contributed by atoms with Crippen LogP contribution in [0.5, 0.6) is 5.75 Å². The number of aliphatic hydroxyl groups excluding tert-OH is 1. The molecule has 0 aromatic heterocycles. The van der Waals surface area contributed by atoms with Gasteiger partial charge in [0.15, 0.2) is 0 Å². The largest absolute Gasteiger partial charge is 0.508 e. The van der Waals surface area contributed by atoms with Crippen LogP contribution in [0.1, 0.15) is 12.8 Å². The highest BCUT2D eigenvalue weighted by molar-refractivity contribution is 5.97. The predicted octanol–water partition coefficient (Wildman–Crippen LogP) is 5.66. The molecule has 0 radical (unpaired) electrons. The predicted molar refractivity (Wildman–Crippen MR) is 119 cm³/mol. The number of phenolic OH excluding ortho intramolecular Hbond substituents is 1. The molecule has 1 aliphatic rings. The number of hydrogen-bond donors (Lipinski definition) is 4. The second kappa shape index (κ2) is 8.63. The molecule has 0 heterocycles. The monoisotopic (exact) mass is 385 g/mol. The van der Waals surface area contributed by atoms with Crippen molar-refractivity contribution in [2.75, 3.05) is 10.6 Å². The Balaban J connectivity index is 1.38. The molecule has 1 unspecified atom stereocenters. The standard InChI is InChI=1S/C24H23N3O2/c28-23-5-1-3-21(15-23)26-19-11-7-17(8-12-19)25-18-9-13-20(14-10-18)27-22-4-2-6-24(29)16-22/h1-5,7-15,24-26,28-29H,6,16H2. The fourth-order valence-corrected chi connectivity index (χ4v) is 3.18. The molecule has 5 heteroatoms. The molecule has 0 fully saturated rings. The van der Waals surface area contributed by atoms with Gasteiger partial charge in [0.2, 0.25) is 0 Å². The zero-order valence-corrected chi connectivity index (χ0v) is 15.9. The second-order valence-corrected chi connectivity index (χ2v) is 7.02. The van der Waals surface area contributed by atoms with Crippen LogP contribution in [0.2, 0.25) is 0 Å². The molecule has 0 amide bonds. The number of anilines is 4. The minimum atomic E-state index is -0.329. The molecular weight excluding hydrogens is 362 g/mol. The molecule has 0 bridgehead atoms. The third kappa shape index (κ3) is 5.24. The average molecular weight is 385 g/mol. The van der Waals surface area contributed by atoms with Gasteiger partial charge >= 0.3 is 0 Å². The Morgan fingerprint density at radius 3 is 2.03 bits per heavy atom. The molecule has 0 saturated heterocycles. The van der Waals surface area contributed by atoms with Gasteiger partial charge in [-0.15, -0.1) is 0 Å². The van der Waals surface area contributed by atoms with Crippen LogP contribution in [0.4, 0.5) is 28.4 Å². The van der Waals surface area contributed by atoms with Gasteiger partial charge in [-0.05, 0) is 73.2 Å². The minimum absolute atomic E-state index is 0.234. The van der Waals surface area contributed by atoms with E-state index in [2.05, 4.69) is 15.6 Å². The first kappa shape index (κ1) is 18.8. The van der Waals surface area contributed by atoms with Gasteiger partial charge in [-0.2, -0.15) is 0 Å². The van der Waals surface area contributed by atoms with Gasteiger partial charge in [-0.3, -0.25) is 4.99 Å². The summed E-state index contributed by atoms with van der Waals surface area (Å²) in [6.45, 7) is 0. The Kier molecular flexibility index (Phi) is 5.59. The summed E-state index contributed by atoms with van der Waals surface area (Å²) in [6.07, 6.45) is 4.90.